The van der Waals surface area contributed by atoms with Crippen LogP contribution in [0.4, 0.5) is 0 Å². The molecule has 0 radical (unpaired) electrons. The molecule has 2 atom stereocenters. The molecule has 0 bridgehead atoms. The summed E-state index contributed by atoms with van der Waals surface area (Å²) < 4.78 is 11.6. The number of nitrogens with zero attached hydrogens (tertiary/aromatic N) is 1. The van der Waals surface area contributed by atoms with Crippen molar-refractivity contribution in [1.29, 1.82) is 0 Å². The number of hydrogen-bond acceptors (Lipinski definition) is 6. The standard InChI is InChI=1S/C48H95NO5/c1-5-9-13-17-21-29-37-45(35-27-15-11-7-3)47(51)53-43-33-25-19-23-31-39-49(41-42-50)40-32-24-20-26-34-44-54-48(52)46(36-28-16-12-8-4)38-30-22-18-14-10-6-2/h45-46,50H,5-44H2,1-4H3. The molecular formula is C48H95NO5. The van der Waals surface area contributed by atoms with E-state index in [4.69, 9.17) is 9.47 Å². The maximum absolute atomic E-state index is 12.9. The van der Waals surface area contributed by atoms with Crippen LogP contribution in [0.5, 0.6) is 0 Å². The molecule has 322 valence electrons. The zero-order valence-electron chi connectivity index (χ0n) is 37.0. The maximum Gasteiger partial charge on any atom is 0.308 e. The predicted octanol–water partition coefficient (Wildman–Crippen LogP) is 13.9. The molecule has 0 aromatic heterocycles. The van der Waals surface area contributed by atoms with E-state index in [-0.39, 0.29) is 30.4 Å². The number of hydrogen-bond donors (Lipinski definition) is 1. The van der Waals surface area contributed by atoms with Crippen molar-refractivity contribution >= 4 is 11.9 Å². The van der Waals surface area contributed by atoms with Crippen LogP contribution in [0, 0.1) is 11.8 Å². The van der Waals surface area contributed by atoms with E-state index in [2.05, 4.69) is 32.6 Å². The molecule has 6 nitrogen and oxygen atoms in total. The highest BCUT2D eigenvalue weighted by Gasteiger charge is 2.20. The largest absolute Gasteiger partial charge is 0.465 e. The fourth-order valence-corrected chi connectivity index (χ4v) is 7.73. The summed E-state index contributed by atoms with van der Waals surface area (Å²) >= 11 is 0. The van der Waals surface area contributed by atoms with Crippen molar-refractivity contribution in [2.24, 2.45) is 11.8 Å². The quantitative estimate of drug-likeness (QED) is 0.0492. The third-order valence-electron chi connectivity index (χ3n) is 11.4. The molecule has 0 rings (SSSR count). The van der Waals surface area contributed by atoms with Gasteiger partial charge in [0.25, 0.3) is 0 Å². The van der Waals surface area contributed by atoms with E-state index < -0.39 is 0 Å². The molecule has 0 saturated heterocycles. The molecule has 0 aliphatic rings. The average Bonchev–Trinajstić information content (AvgIpc) is 3.17. The third kappa shape index (κ3) is 35.3. The Kier molecular flexibility index (Phi) is 42.1. The lowest BCUT2D eigenvalue weighted by Gasteiger charge is -2.21. The topological polar surface area (TPSA) is 76.1 Å². The average molecular weight is 766 g/mol. The molecule has 2 unspecified atom stereocenters. The molecule has 0 aromatic rings. The summed E-state index contributed by atoms with van der Waals surface area (Å²) in [6.45, 7) is 13.2. The van der Waals surface area contributed by atoms with E-state index in [1.165, 1.54) is 128 Å². The van der Waals surface area contributed by atoms with Gasteiger partial charge in [-0.3, -0.25) is 9.59 Å². The normalized spacial score (nSPS) is 12.7. The van der Waals surface area contributed by atoms with Crippen LogP contribution in [0.1, 0.15) is 246 Å². The zero-order valence-corrected chi connectivity index (χ0v) is 37.0. The predicted molar refractivity (Wildman–Crippen MR) is 232 cm³/mol. The molecule has 0 spiro atoms. The molecule has 0 amide bonds. The van der Waals surface area contributed by atoms with E-state index in [0.29, 0.717) is 13.2 Å². The summed E-state index contributed by atoms with van der Waals surface area (Å²) in [5.41, 5.74) is 0. The molecular weight excluding hydrogens is 671 g/mol. The van der Waals surface area contributed by atoms with Crippen molar-refractivity contribution in [3.8, 4) is 0 Å². The zero-order chi connectivity index (χ0) is 39.6. The summed E-state index contributed by atoms with van der Waals surface area (Å²) in [5.74, 6) is 0.299. The van der Waals surface area contributed by atoms with Crippen LogP contribution in [0.15, 0.2) is 0 Å². The second kappa shape index (κ2) is 43.0. The Bertz CT molecular complexity index is 716. The van der Waals surface area contributed by atoms with Gasteiger partial charge in [0, 0.05) is 6.54 Å². The Hall–Kier alpha value is -1.14. The highest BCUT2D eigenvalue weighted by molar-refractivity contribution is 5.72. The van der Waals surface area contributed by atoms with Crippen molar-refractivity contribution in [2.45, 2.75) is 246 Å². The van der Waals surface area contributed by atoms with Gasteiger partial charge >= 0.3 is 11.9 Å². The second-order valence-corrected chi connectivity index (χ2v) is 16.6. The minimum absolute atomic E-state index is 0.0545. The lowest BCUT2D eigenvalue weighted by molar-refractivity contribution is -0.150. The van der Waals surface area contributed by atoms with E-state index >= 15 is 0 Å². The van der Waals surface area contributed by atoms with E-state index in [1.807, 2.05) is 0 Å². The van der Waals surface area contributed by atoms with Gasteiger partial charge in [-0.2, -0.15) is 0 Å². The van der Waals surface area contributed by atoms with Gasteiger partial charge in [0.05, 0.1) is 31.7 Å². The van der Waals surface area contributed by atoms with Crippen LogP contribution in [0.25, 0.3) is 0 Å². The van der Waals surface area contributed by atoms with Crippen LogP contribution in [0.2, 0.25) is 0 Å². The second-order valence-electron chi connectivity index (χ2n) is 16.6. The Morgan fingerprint density at radius 2 is 0.667 bits per heavy atom. The molecule has 6 heteroatoms. The highest BCUT2D eigenvalue weighted by Crippen LogP contribution is 2.22. The van der Waals surface area contributed by atoms with E-state index in [9.17, 15) is 14.7 Å². The molecule has 0 saturated carbocycles. The van der Waals surface area contributed by atoms with Gasteiger partial charge in [-0.15, -0.1) is 0 Å². The molecule has 0 heterocycles. The van der Waals surface area contributed by atoms with Gasteiger partial charge in [-0.1, -0.05) is 195 Å². The summed E-state index contributed by atoms with van der Waals surface area (Å²) in [7, 11) is 0. The van der Waals surface area contributed by atoms with Gasteiger partial charge in [-0.05, 0) is 64.5 Å². The smallest absolute Gasteiger partial charge is 0.308 e. The first kappa shape index (κ1) is 52.9. The number of rotatable bonds is 44. The summed E-state index contributed by atoms with van der Waals surface area (Å²) in [4.78, 5) is 28.2. The molecule has 0 aliphatic carbocycles. The van der Waals surface area contributed by atoms with Crippen molar-refractivity contribution in [2.75, 3.05) is 39.5 Å². The number of aliphatic hydroxyl groups is 1. The van der Waals surface area contributed by atoms with Crippen LogP contribution in [-0.2, 0) is 19.1 Å². The Morgan fingerprint density at radius 3 is 1.00 bits per heavy atom. The monoisotopic (exact) mass is 766 g/mol. The van der Waals surface area contributed by atoms with Gasteiger partial charge in [0.2, 0.25) is 0 Å². The number of ether oxygens (including phenoxy) is 2. The fraction of sp³-hybridized carbons (Fsp3) is 0.958. The summed E-state index contributed by atoms with van der Waals surface area (Å²) in [6, 6.07) is 0. The molecule has 0 fully saturated rings. The SMILES string of the molecule is CCCCCCCCC(CCCCCC)C(=O)OCCCCCCCN(CCO)CCCCCCCOC(=O)C(CCCCCC)CCCCCCCC. The van der Waals surface area contributed by atoms with Crippen molar-refractivity contribution in [1.82, 2.24) is 4.90 Å². The number of aliphatic hydroxyl groups excluding tert-OH is 1. The lowest BCUT2D eigenvalue weighted by Crippen LogP contribution is -2.29. The minimum atomic E-state index is 0.0545. The van der Waals surface area contributed by atoms with Crippen LogP contribution < -0.4 is 0 Å². The van der Waals surface area contributed by atoms with Crippen molar-refractivity contribution < 1.29 is 24.2 Å². The van der Waals surface area contributed by atoms with Gasteiger partial charge in [0.1, 0.15) is 0 Å². The van der Waals surface area contributed by atoms with Crippen molar-refractivity contribution in [3.05, 3.63) is 0 Å². The highest BCUT2D eigenvalue weighted by atomic mass is 16.5. The maximum atomic E-state index is 12.9. The van der Waals surface area contributed by atoms with Crippen LogP contribution in [0.3, 0.4) is 0 Å². The lowest BCUT2D eigenvalue weighted by atomic mass is 9.94. The molecule has 0 aliphatic heterocycles. The van der Waals surface area contributed by atoms with Crippen LogP contribution >= 0.6 is 0 Å². The van der Waals surface area contributed by atoms with E-state index in [0.717, 1.165) is 110 Å². The molecule has 54 heavy (non-hydrogen) atoms. The van der Waals surface area contributed by atoms with Gasteiger partial charge in [-0.25, -0.2) is 0 Å². The summed E-state index contributed by atoms with van der Waals surface area (Å²) in [6.07, 6.45) is 40.1. The Labute approximate surface area is 337 Å². The number of carbonyl (C=O) groups excluding carboxylic acids is 2. The number of unbranched alkanes of at least 4 members (excludes halogenated alkanes) is 24. The van der Waals surface area contributed by atoms with Crippen molar-refractivity contribution in [3.63, 3.8) is 0 Å². The van der Waals surface area contributed by atoms with Crippen LogP contribution in [-0.4, -0.2) is 61.4 Å². The first-order valence-corrected chi connectivity index (χ1v) is 24.2. The first-order chi connectivity index (χ1) is 26.5. The van der Waals surface area contributed by atoms with E-state index in [1.54, 1.807) is 0 Å². The number of carbonyl (C=O) groups is 2. The first-order valence-electron chi connectivity index (χ1n) is 24.2. The fourth-order valence-electron chi connectivity index (χ4n) is 7.73. The Morgan fingerprint density at radius 1 is 0.389 bits per heavy atom. The molecule has 1 N–H and O–H groups in total. The molecule has 0 aromatic carbocycles. The Balaban J connectivity index is 4.12. The summed E-state index contributed by atoms with van der Waals surface area (Å²) in [5, 5.41) is 9.61. The van der Waals surface area contributed by atoms with Gasteiger partial charge < -0.3 is 19.5 Å². The van der Waals surface area contributed by atoms with Gasteiger partial charge in [0.15, 0.2) is 0 Å². The number of esters is 2. The minimum Gasteiger partial charge on any atom is -0.465 e. The third-order valence-corrected chi connectivity index (χ3v) is 11.4.